The summed E-state index contributed by atoms with van der Waals surface area (Å²) in [7, 11) is 0. The third kappa shape index (κ3) is 5.99. The predicted octanol–water partition coefficient (Wildman–Crippen LogP) is -0.842. The van der Waals surface area contributed by atoms with E-state index in [4.69, 9.17) is 9.84 Å². The van der Waals surface area contributed by atoms with Crippen LogP contribution in [0.25, 0.3) is 0 Å². The molecule has 0 saturated heterocycles. The van der Waals surface area contributed by atoms with E-state index < -0.39 is 37.1 Å². The van der Waals surface area contributed by atoms with Gasteiger partial charge in [-0.2, -0.15) is 25.3 Å². The van der Waals surface area contributed by atoms with Gasteiger partial charge in [-0.1, -0.05) is 0 Å². The van der Waals surface area contributed by atoms with Gasteiger partial charge in [0.05, 0.1) is 31.3 Å². The van der Waals surface area contributed by atoms with E-state index in [1.54, 1.807) is 0 Å². The van der Waals surface area contributed by atoms with Crippen LogP contribution in [0.15, 0.2) is 0 Å². The second-order valence-electron chi connectivity index (χ2n) is 3.11. The van der Waals surface area contributed by atoms with E-state index in [0.717, 1.165) is 0 Å². The molecule has 0 fully saturated rings. The molecule has 116 valence electrons. The van der Waals surface area contributed by atoms with Crippen LogP contribution < -0.4 is 0 Å². The number of aliphatic hydroxyl groups is 1. The number of aliphatic hydroxyl groups excluding tert-OH is 1. The number of ether oxygens (including phenoxy) is 4. The lowest BCUT2D eigenvalue weighted by Gasteiger charge is -2.28. The van der Waals surface area contributed by atoms with E-state index >= 15 is 0 Å². The molecular formula is C10H16O8S2. The van der Waals surface area contributed by atoms with Gasteiger partial charge in [0.15, 0.2) is 0 Å². The van der Waals surface area contributed by atoms with Crippen molar-refractivity contribution in [1.29, 1.82) is 0 Å². The van der Waals surface area contributed by atoms with Crippen molar-refractivity contribution < 1.29 is 38.4 Å². The first-order valence-electron chi connectivity index (χ1n) is 5.53. The second kappa shape index (κ2) is 9.86. The Morgan fingerprint density at radius 1 is 1.10 bits per heavy atom. The minimum absolute atomic E-state index is 0.0695. The van der Waals surface area contributed by atoms with Crippen molar-refractivity contribution in [3.8, 4) is 0 Å². The molecule has 0 spiro atoms. The first kappa shape index (κ1) is 19.0. The zero-order valence-corrected chi connectivity index (χ0v) is 12.5. The van der Waals surface area contributed by atoms with E-state index in [0.29, 0.717) is 0 Å². The van der Waals surface area contributed by atoms with Crippen molar-refractivity contribution in [3.63, 3.8) is 0 Å². The fourth-order valence-corrected chi connectivity index (χ4v) is 1.11. The zero-order valence-electron chi connectivity index (χ0n) is 10.7. The van der Waals surface area contributed by atoms with Crippen LogP contribution in [0.1, 0.15) is 6.92 Å². The lowest BCUT2D eigenvalue weighted by atomic mass is 10.5. The molecule has 0 heterocycles. The van der Waals surface area contributed by atoms with E-state index in [-0.39, 0.29) is 18.1 Å². The van der Waals surface area contributed by atoms with Crippen molar-refractivity contribution in [1.82, 2.24) is 0 Å². The standard InChI is InChI=1S/C10H16O8S2/c1-2-15-9(14)10(16-4-3-11,17-7(12)5-19)18-8(13)6-20/h11,19-20H,2-6H2,1H3. The summed E-state index contributed by atoms with van der Waals surface area (Å²) in [6.07, 6.45) is 0. The van der Waals surface area contributed by atoms with E-state index in [9.17, 15) is 14.4 Å². The van der Waals surface area contributed by atoms with Gasteiger partial charge in [-0.05, 0) is 6.92 Å². The van der Waals surface area contributed by atoms with Gasteiger partial charge in [0.25, 0.3) is 0 Å². The van der Waals surface area contributed by atoms with Gasteiger partial charge in [0.2, 0.25) is 0 Å². The predicted molar refractivity (Wildman–Crippen MR) is 72.3 cm³/mol. The molecule has 10 heteroatoms. The lowest BCUT2D eigenvalue weighted by Crippen LogP contribution is -2.51. The fraction of sp³-hybridized carbons (Fsp3) is 0.700. The number of rotatable bonds is 9. The number of carbonyl (C=O) groups excluding carboxylic acids is 3. The van der Waals surface area contributed by atoms with Gasteiger partial charge >= 0.3 is 23.9 Å². The summed E-state index contributed by atoms with van der Waals surface area (Å²) in [5, 5.41) is 8.74. The molecule has 20 heavy (non-hydrogen) atoms. The molecule has 8 nitrogen and oxygen atoms in total. The second-order valence-corrected chi connectivity index (χ2v) is 3.75. The van der Waals surface area contributed by atoms with Gasteiger partial charge < -0.3 is 19.3 Å². The van der Waals surface area contributed by atoms with Crippen LogP contribution in [0, 0.1) is 0 Å². The number of hydrogen-bond acceptors (Lipinski definition) is 10. The highest BCUT2D eigenvalue weighted by Crippen LogP contribution is 2.19. The maximum Gasteiger partial charge on any atom is 0.481 e. The highest BCUT2D eigenvalue weighted by Gasteiger charge is 2.50. The van der Waals surface area contributed by atoms with Crippen molar-refractivity contribution >= 4 is 43.2 Å². The first-order chi connectivity index (χ1) is 9.45. The third-order valence-electron chi connectivity index (χ3n) is 1.66. The highest BCUT2D eigenvalue weighted by molar-refractivity contribution is 7.81. The molecule has 0 rings (SSSR count). The minimum atomic E-state index is -2.71. The first-order valence-corrected chi connectivity index (χ1v) is 6.79. The Morgan fingerprint density at radius 2 is 1.60 bits per heavy atom. The Kier molecular flexibility index (Phi) is 9.38. The van der Waals surface area contributed by atoms with Crippen LogP contribution in [0.3, 0.4) is 0 Å². The molecule has 0 radical (unpaired) electrons. The van der Waals surface area contributed by atoms with Gasteiger partial charge in [-0.15, -0.1) is 0 Å². The Labute approximate surface area is 126 Å². The van der Waals surface area contributed by atoms with Crippen molar-refractivity contribution in [2.45, 2.75) is 12.9 Å². The van der Waals surface area contributed by atoms with Crippen LogP contribution >= 0.6 is 25.3 Å². The molecule has 0 saturated carbocycles. The van der Waals surface area contributed by atoms with Crippen molar-refractivity contribution in [3.05, 3.63) is 0 Å². The van der Waals surface area contributed by atoms with Crippen LogP contribution in [0.2, 0.25) is 0 Å². The Morgan fingerprint density at radius 3 is 1.95 bits per heavy atom. The van der Waals surface area contributed by atoms with Crippen LogP contribution in [-0.2, 0) is 33.3 Å². The Balaban J connectivity index is 5.30. The van der Waals surface area contributed by atoms with Crippen molar-refractivity contribution in [2.24, 2.45) is 0 Å². The van der Waals surface area contributed by atoms with Crippen LogP contribution in [0.4, 0.5) is 0 Å². The van der Waals surface area contributed by atoms with Gasteiger partial charge in [0.1, 0.15) is 0 Å². The summed E-state index contributed by atoms with van der Waals surface area (Å²) in [6, 6.07) is 0. The van der Waals surface area contributed by atoms with Gasteiger partial charge in [0, 0.05) is 0 Å². The molecule has 0 aromatic heterocycles. The van der Waals surface area contributed by atoms with Crippen LogP contribution in [-0.4, -0.2) is 60.3 Å². The zero-order chi connectivity index (χ0) is 15.6. The maximum absolute atomic E-state index is 11.8. The monoisotopic (exact) mass is 328 g/mol. The van der Waals surface area contributed by atoms with Crippen molar-refractivity contribution in [2.75, 3.05) is 31.3 Å². The molecule has 0 aliphatic carbocycles. The summed E-state index contributed by atoms with van der Waals surface area (Å²) in [4.78, 5) is 34.5. The van der Waals surface area contributed by atoms with E-state index in [1.807, 2.05) is 0 Å². The molecular weight excluding hydrogens is 312 g/mol. The Bertz CT molecular complexity index is 328. The smallest absolute Gasteiger partial charge is 0.458 e. The summed E-state index contributed by atoms with van der Waals surface area (Å²) < 4.78 is 18.9. The van der Waals surface area contributed by atoms with Gasteiger partial charge in [-0.25, -0.2) is 4.79 Å². The fourth-order valence-electron chi connectivity index (χ4n) is 0.986. The summed E-state index contributed by atoms with van der Waals surface area (Å²) in [5.41, 5.74) is 0. The van der Waals surface area contributed by atoms with E-state index in [2.05, 4.69) is 39.5 Å². The highest BCUT2D eigenvalue weighted by atomic mass is 32.1. The third-order valence-corrected chi connectivity index (χ3v) is 2.18. The summed E-state index contributed by atoms with van der Waals surface area (Å²) in [6.45, 7) is 0.492. The quantitative estimate of drug-likeness (QED) is 0.286. The number of esters is 3. The molecule has 0 amide bonds. The van der Waals surface area contributed by atoms with E-state index in [1.165, 1.54) is 6.92 Å². The number of thiol groups is 2. The lowest BCUT2D eigenvalue weighted by molar-refractivity contribution is -0.334. The molecule has 0 aromatic carbocycles. The largest absolute Gasteiger partial charge is 0.481 e. The molecule has 1 N–H and O–H groups in total. The molecule has 0 atom stereocenters. The average molecular weight is 328 g/mol. The topological polar surface area (TPSA) is 108 Å². The summed E-state index contributed by atoms with van der Waals surface area (Å²) >= 11 is 7.33. The SMILES string of the molecule is CCOC(=O)C(OCCO)(OC(=O)CS)OC(=O)CS. The number of hydrogen-bond donors (Lipinski definition) is 3. The van der Waals surface area contributed by atoms with Crippen LogP contribution in [0.5, 0.6) is 0 Å². The normalized spacial score (nSPS) is 10.8. The minimum Gasteiger partial charge on any atom is -0.458 e. The molecule has 0 aliphatic heterocycles. The molecule has 0 unspecified atom stereocenters. The molecule has 0 bridgehead atoms. The van der Waals surface area contributed by atoms with Gasteiger partial charge in [-0.3, -0.25) is 14.3 Å². The molecule has 0 aromatic rings. The average Bonchev–Trinajstić information content (AvgIpc) is 2.44. The summed E-state index contributed by atoms with van der Waals surface area (Å²) in [5.74, 6) is -6.68. The number of carbonyl (C=O) groups is 3. The maximum atomic E-state index is 11.8. The molecule has 0 aliphatic rings. The Hall–Kier alpha value is -0.970.